The summed E-state index contributed by atoms with van der Waals surface area (Å²) in [6.45, 7) is 2.06. The first-order chi connectivity index (χ1) is 9.10. The highest BCUT2D eigenvalue weighted by atomic mass is 79.9. The first-order valence-electron chi connectivity index (χ1n) is 5.67. The zero-order valence-corrected chi connectivity index (χ0v) is 11.9. The number of hydrogen-bond donors (Lipinski definition) is 0. The molecule has 2 nitrogen and oxygen atoms in total. The molecule has 2 aromatic carbocycles. The Balaban J connectivity index is 2.16. The third-order valence-electron chi connectivity index (χ3n) is 2.65. The van der Waals surface area contributed by atoms with Gasteiger partial charge in [-0.3, -0.25) is 0 Å². The third kappa shape index (κ3) is 3.33. The lowest BCUT2D eigenvalue weighted by molar-refractivity contribution is 0.298. The van der Waals surface area contributed by atoms with Gasteiger partial charge < -0.3 is 4.74 Å². The van der Waals surface area contributed by atoms with Crippen LogP contribution in [0.4, 0.5) is 4.39 Å². The molecule has 96 valence electrons. The van der Waals surface area contributed by atoms with Crippen molar-refractivity contribution in [2.45, 2.75) is 13.5 Å². The second-order valence-electron chi connectivity index (χ2n) is 4.14. The molecule has 0 aliphatic carbocycles. The molecule has 0 saturated carbocycles. The average molecular weight is 320 g/mol. The van der Waals surface area contributed by atoms with Crippen LogP contribution in [-0.2, 0) is 6.61 Å². The molecule has 0 radical (unpaired) electrons. The molecule has 0 saturated heterocycles. The molecule has 0 amide bonds. The maximum Gasteiger partial charge on any atom is 0.134 e. The molecule has 0 heterocycles. The number of rotatable bonds is 3. The van der Waals surface area contributed by atoms with Gasteiger partial charge in [0.1, 0.15) is 18.2 Å². The van der Waals surface area contributed by atoms with Gasteiger partial charge in [0.25, 0.3) is 0 Å². The Bertz CT molecular complexity index is 649. The van der Waals surface area contributed by atoms with E-state index in [1.54, 1.807) is 0 Å². The normalized spacial score (nSPS) is 10.0. The number of hydrogen-bond acceptors (Lipinski definition) is 2. The highest BCUT2D eigenvalue weighted by Crippen LogP contribution is 2.26. The zero-order valence-electron chi connectivity index (χ0n) is 10.3. The molecule has 0 aliphatic rings. The summed E-state index contributed by atoms with van der Waals surface area (Å²) < 4.78 is 20.0. The second kappa shape index (κ2) is 5.85. The second-order valence-corrected chi connectivity index (χ2v) is 4.99. The van der Waals surface area contributed by atoms with Gasteiger partial charge >= 0.3 is 0 Å². The first kappa shape index (κ1) is 13.6. The molecule has 0 fully saturated rings. The van der Waals surface area contributed by atoms with E-state index in [9.17, 15) is 4.39 Å². The molecule has 4 heteroatoms. The standard InChI is InChI=1S/C15H11BrFNO/c1-10-2-5-15(13(16)6-10)19-9-12-7-11(8-18)3-4-14(12)17/h2-7H,9H2,1H3. The highest BCUT2D eigenvalue weighted by Gasteiger charge is 2.06. The van der Waals surface area contributed by atoms with Crippen LogP contribution in [0.2, 0.25) is 0 Å². The third-order valence-corrected chi connectivity index (χ3v) is 3.27. The van der Waals surface area contributed by atoms with Crippen molar-refractivity contribution < 1.29 is 9.13 Å². The highest BCUT2D eigenvalue weighted by molar-refractivity contribution is 9.10. The monoisotopic (exact) mass is 319 g/mol. The smallest absolute Gasteiger partial charge is 0.134 e. The Labute approximate surface area is 119 Å². The summed E-state index contributed by atoms with van der Waals surface area (Å²) >= 11 is 3.40. The van der Waals surface area contributed by atoms with E-state index in [1.165, 1.54) is 18.2 Å². The molecular formula is C15H11BrFNO. The molecule has 2 aromatic rings. The zero-order chi connectivity index (χ0) is 13.8. The summed E-state index contributed by atoms with van der Waals surface area (Å²) in [7, 11) is 0. The average Bonchev–Trinajstić information content (AvgIpc) is 2.39. The lowest BCUT2D eigenvalue weighted by Gasteiger charge is -2.09. The molecule has 0 aliphatic heterocycles. The van der Waals surface area contributed by atoms with Gasteiger partial charge in [-0.2, -0.15) is 5.26 Å². The van der Waals surface area contributed by atoms with Gasteiger partial charge in [0.15, 0.2) is 0 Å². The van der Waals surface area contributed by atoms with E-state index in [1.807, 2.05) is 31.2 Å². The first-order valence-corrected chi connectivity index (χ1v) is 6.47. The lowest BCUT2D eigenvalue weighted by atomic mass is 10.1. The molecule has 0 atom stereocenters. The number of aryl methyl sites for hydroxylation is 1. The number of halogens is 2. The van der Waals surface area contributed by atoms with E-state index in [-0.39, 0.29) is 12.4 Å². The Hall–Kier alpha value is -1.86. The van der Waals surface area contributed by atoms with Gasteiger partial charge in [0, 0.05) is 5.56 Å². The Morgan fingerprint density at radius 1 is 1.26 bits per heavy atom. The number of nitrogens with zero attached hydrogens (tertiary/aromatic N) is 1. The van der Waals surface area contributed by atoms with Crippen molar-refractivity contribution in [3.63, 3.8) is 0 Å². The van der Waals surface area contributed by atoms with Crippen LogP contribution in [0.15, 0.2) is 40.9 Å². The van der Waals surface area contributed by atoms with Crippen LogP contribution >= 0.6 is 15.9 Å². The van der Waals surface area contributed by atoms with E-state index < -0.39 is 0 Å². The topological polar surface area (TPSA) is 33.0 Å². The van der Waals surface area contributed by atoms with Gasteiger partial charge in [-0.05, 0) is 58.7 Å². The largest absolute Gasteiger partial charge is 0.488 e. The maximum absolute atomic E-state index is 13.6. The van der Waals surface area contributed by atoms with E-state index >= 15 is 0 Å². The van der Waals surface area contributed by atoms with E-state index in [0.717, 1.165) is 10.0 Å². The van der Waals surface area contributed by atoms with Gasteiger partial charge in [-0.15, -0.1) is 0 Å². The van der Waals surface area contributed by atoms with Crippen molar-refractivity contribution in [1.82, 2.24) is 0 Å². The van der Waals surface area contributed by atoms with Crippen LogP contribution in [0.5, 0.6) is 5.75 Å². The fourth-order valence-electron chi connectivity index (χ4n) is 1.63. The van der Waals surface area contributed by atoms with Crippen molar-refractivity contribution in [2.75, 3.05) is 0 Å². The van der Waals surface area contributed by atoms with E-state index in [0.29, 0.717) is 16.9 Å². The van der Waals surface area contributed by atoms with Crippen LogP contribution in [0.3, 0.4) is 0 Å². The molecule has 0 aromatic heterocycles. The summed E-state index contributed by atoms with van der Waals surface area (Å²) in [6, 6.07) is 11.9. The van der Waals surface area contributed by atoms with Crippen LogP contribution in [0.25, 0.3) is 0 Å². The Morgan fingerprint density at radius 3 is 2.74 bits per heavy atom. The minimum atomic E-state index is -0.373. The van der Waals surface area contributed by atoms with Gasteiger partial charge in [-0.1, -0.05) is 6.07 Å². The Kier molecular flexibility index (Phi) is 4.18. The number of nitriles is 1. The van der Waals surface area contributed by atoms with Gasteiger partial charge in [-0.25, -0.2) is 4.39 Å². The van der Waals surface area contributed by atoms with Crippen LogP contribution in [0, 0.1) is 24.1 Å². The van der Waals surface area contributed by atoms with Crippen molar-refractivity contribution in [3.8, 4) is 11.8 Å². The molecule has 2 rings (SSSR count). The fourth-order valence-corrected chi connectivity index (χ4v) is 2.24. The summed E-state index contributed by atoms with van der Waals surface area (Å²) in [6.07, 6.45) is 0. The fraction of sp³-hybridized carbons (Fsp3) is 0.133. The number of ether oxygens (including phenoxy) is 1. The number of benzene rings is 2. The molecule has 0 N–H and O–H groups in total. The predicted molar refractivity (Wildman–Crippen MR) is 74.3 cm³/mol. The molecular weight excluding hydrogens is 309 g/mol. The molecule has 0 spiro atoms. The summed E-state index contributed by atoms with van der Waals surface area (Å²) in [5, 5.41) is 8.79. The summed E-state index contributed by atoms with van der Waals surface area (Å²) in [4.78, 5) is 0. The van der Waals surface area contributed by atoms with Crippen molar-refractivity contribution >= 4 is 15.9 Å². The van der Waals surface area contributed by atoms with Gasteiger partial charge in [0.05, 0.1) is 16.1 Å². The summed E-state index contributed by atoms with van der Waals surface area (Å²) in [5.41, 5.74) is 1.89. The van der Waals surface area contributed by atoms with E-state index in [4.69, 9.17) is 10.00 Å². The minimum Gasteiger partial charge on any atom is -0.488 e. The molecule has 0 bridgehead atoms. The van der Waals surface area contributed by atoms with Gasteiger partial charge in [0.2, 0.25) is 0 Å². The lowest BCUT2D eigenvalue weighted by Crippen LogP contribution is -1.99. The minimum absolute atomic E-state index is 0.0863. The van der Waals surface area contributed by atoms with Crippen LogP contribution in [-0.4, -0.2) is 0 Å². The van der Waals surface area contributed by atoms with Crippen LogP contribution in [0.1, 0.15) is 16.7 Å². The van der Waals surface area contributed by atoms with E-state index in [2.05, 4.69) is 15.9 Å². The van der Waals surface area contributed by atoms with Crippen LogP contribution < -0.4 is 4.74 Å². The quantitative estimate of drug-likeness (QED) is 0.842. The Morgan fingerprint density at radius 2 is 2.05 bits per heavy atom. The predicted octanol–water partition coefficient (Wildman–Crippen LogP) is 4.35. The van der Waals surface area contributed by atoms with Crippen molar-refractivity contribution in [2.24, 2.45) is 0 Å². The van der Waals surface area contributed by atoms with Crippen molar-refractivity contribution in [1.29, 1.82) is 5.26 Å². The summed E-state index contributed by atoms with van der Waals surface area (Å²) in [5.74, 6) is 0.273. The molecule has 19 heavy (non-hydrogen) atoms. The SMILES string of the molecule is Cc1ccc(OCc2cc(C#N)ccc2F)c(Br)c1. The van der Waals surface area contributed by atoms with Crippen molar-refractivity contribution in [3.05, 3.63) is 63.4 Å². The maximum atomic E-state index is 13.6. The molecule has 0 unspecified atom stereocenters.